The summed E-state index contributed by atoms with van der Waals surface area (Å²) in [5, 5.41) is 9.79. The second-order valence-corrected chi connectivity index (χ2v) is 7.22. The topological polar surface area (TPSA) is 73.8 Å². The number of alkyl halides is 3. The molecule has 2 heterocycles. The number of hydrogen-bond acceptors (Lipinski definition) is 3. The Balaban J connectivity index is 2.32. The Morgan fingerprint density at radius 1 is 1.39 bits per heavy atom. The van der Waals surface area contributed by atoms with Gasteiger partial charge in [-0.15, -0.1) is 0 Å². The molecule has 0 radical (unpaired) electrons. The average Bonchev–Trinajstić information content (AvgIpc) is 2.72. The summed E-state index contributed by atoms with van der Waals surface area (Å²) in [6.07, 6.45) is -2.34. The molecular weight excluding hydrogens is 329 g/mol. The lowest BCUT2D eigenvalue weighted by atomic mass is 10.0. The Morgan fingerprint density at radius 3 is 2.61 bits per heavy atom. The highest BCUT2D eigenvalue weighted by Crippen LogP contribution is 2.27. The molecular formula is C14H19F3N4OS. The molecule has 0 aliphatic carbocycles. The van der Waals surface area contributed by atoms with Gasteiger partial charge in [0.05, 0.1) is 28.4 Å². The first kappa shape index (κ1) is 17.9. The van der Waals surface area contributed by atoms with Gasteiger partial charge in [0.15, 0.2) is 0 Å². The van der Waals surface area contributed by atoms with Crippen molar-refractivity contribution in [3.8, 4) is 0 Å². The van der Waals surface area contributed by atoms with Crippen LogP contribution in [0.25, 0.3) is 10.9 Å². The fraction of sp³-hybridized carbons (Fsp3) is 0.571. The van der Waals surface area contributed by atoms with E-state index < -0.39 is 23.7 Å². The van der Waals surface area contributed by atoms with Crippen molar-refractivity contribution in [2.75, 3.05) is 0 Å². The van der Waals surface area contributed by atoms with Gasteiger partial charge in [0.2, 0.25) is 0 Å². The highest BCUT2D eigenvalue weighted by atomic mass is 32.2. The van der Waals surface area contributed by atoms with E-state index in [4.69, 9.17) is 5.14 Å². The van der Waals surface area contributed by atoms with Gasteiger partial charge in [-0.3, -0.25) is 14.8 Å². The quantitative estimate of drug-likeness (QED) is 0.903. The standard InChI is InChI=1S/C14H19F3N4OS/c1-8(4-9(2)23(18)22)12-5-11-10(3)20-21(7-14(15,16)17)13(11)6-19-12/h5-6,8-9H,4,7,18H2,1-3H3/t8-,9?,23?/m1/s1. The van der Waals surface area contributed by atoms with Crippen LogP contribution in [0.2, 0.25) is 0 Å². The lowest BCUT2D eigenvalue weighted by Crippen LogP contribution is -2.20. The molecule has 0 bridgehead atoms. The molecule has 2 rings (SSSR count). The van der Waals surface area contributed by atoms with Gasteiger partial charge in [-0.2, -0.15) is 18.3 Å². The van der Waals surface area contributed by atoms with Gasteiger partial charge in [-0.25, -0.2) is 4.21 Å². The first-order chi connectivity index (χ1) is 10.6. The van der Waals surface area contributed by atoms with Crippen LogP contribution in [0.15, 0.2) is 12.3 Å². The Morgan fingerprint density at radius 2 is 2.04 bits per heavy atom. The van der Waals surface area contributed by atoms with Gasteiger partial charge in [0, 0.05) is 16.3 Å². The van der Waals surface area contributed by atoms with E-state index in [1.807, 2.05) is 6.92 Å². The molecule has 0 aromatic carbocycles. The zero-order valence-corrected chi connectivity index (χ0v) is 13.9. The minimum Gasteiger partial charge on any atom is -0.259 e. The van der Waals surface area contributed by atoms with Crippen LogP contribution < -0.4 is 5.14 Å². The molecule has 9 heteroatoms. The van der Waals surface area contributed by atoms with Gasteiger partial charge in [0.25, 0.3) is 0 Å². The minimum absolute atomic E-state index is 0.00716. The molecule has 0 saturated heterocycles. The third kappa shape index (κ3) is 4.29. The summed E-state index contributed by atoms with van der Waals surface area (Å²) in [4.78, 5) is 4.26. The number of aromatic nitrogens is 3. The Bertz CT molecular complexity index is 729. The summed E-state index contributed by atoms with van der Waals surface area (Å²) in [5.74, 6) is -0.00716. The van der Waals surface area contributed by atoms with Crippen LogP contribution >= 0.6 is 0 Å². The van der Waals surface area contributed by atoms with E-state index in [0.717, 1.165) is 10.4 Å². The largest absolute Gasteiger partial charge is 0.408 e. The highest BCUT2D eigenvalue weighted by molar-refractivity contribution is 7.83. The van der Waals surface area contributed by atoms with Gasteiger partial charge in [0.1, 0.15) is 6.54 Å². The first-order valence-electron chi connectivity index (χ1n) is 7.13. The van der Waals surface area contributed by atoms with Gasteiger partial charge >= 0.3 is 6.18 Å². The number of rotatable bonds is 5. The molecule has 0 amide bonds. The summed E-state index contributed by atoms with van der Waals surface area (Å²) in [6.45, 7) is 4.24. The number of nitrogens with two attached hydrogens (primary N) is 1. The van der Waals surface area contributed by atoms with Crippen LogP contribution in [-0.4, -0.2) is 30.4 Å². The molecule has 128 valence electrons. The number of aryl methyl sites for hydroxylation is 1. The number of fused-ring (bicyclic) bond motifs is 1. The first-order valence-corrected chi connectivity index (χ1v) is 8.41. The molecule has 0 spiro atoms. The van der Waals surface area contributed by atoms with Crippen LogP contribution in [0.5, 0.6) is 0 Å². The van der Waals surface area contributed by atoms with Crippen molar-refractivity contribution in [2.45, 2.75) is 51.1 Å². The average molecular weight is 348 g/mol. The molecule has 0 saturated carbocycles. The van der Waals surface area contributed by atoms with Crippen molar-refractivity contribution in [2.24, 2.45) is 5.14 Å². The number of pyridine rings is 1. The van der Waals surface area contributed by atoms with Crippen molar-refractivity contribution in [1.29, 1.82) is 0 Å². The van der Waals surface area contributed by atoms with E-state index in [1.165, 1.54) is 6.20 Å². The van der Waals surface area contributed by atoms with E-state index in [2.05, 4.69) is 10.1 Å². The second kappa shape index (κ2) is 6.56. The molecule has 2 aromatic heterocycles. The third-order valence-electron chi connectivity index (χ3n) is 3.76. The molecule has 2 unspecified atom stereocenters. The van der Waals surface area contributed by atoms with E-state index in [1.54, 1.807) is 19.9 Å². The fourth-order valence-corrected chi connectivity index (χ4v) is 3.00. The normalized spacial score (nSPS) is 16.5. The van der Waals surface area contributed by atoms with Crippen LogP contribution in [0.4, 0.5) is 13.2 Å². The molecule has 0 aliphatic rings. The molecule has 2 N–H and O–H groups in total. The molecule has 2 aromatic rings. The zero-order valence-electron chi connectivity index (χ0n) is 13.1. The van der Waals surface area contributed by atoms with Crippen LogP contribution in [0, 0.1) is 6.92 Å². The molecule has 3 atom stereocenters. The van der Waals surface area contributed by atoms with Crippen molar-refractivity contribution in [3.63, 3.8) is 0 Å². The fourth-order valence-electron chi connectivity index (χ4n) is 2.52. The maximum atomic E-state index is 12.6. The Kier molecular flexibility index (Phi) is 5.10. The van der Waals surface area contributed by atoms with E-state index in [9.17, 15) is 17.4 Å². The van der Waals surface area contributed by atoms with Crippen LogP contribution in [0.1, 0.15) is 37.6 Å². The maximum absolute atomic E-state index is 12.6. The van der Waals surface area contributed by atoms with Crippen molar-refractivity contribution in [1.82, 2.24) is 14.8 Å². The summed E-state index contributed by atoms with van der Waals surface area (Å²) in [5.41, 5.74) is 1.60. The van der Waals surface area contributed by atoms with Crippen LogP contribution in [0.3, 0.4) is 0 Å². The number of halogens is 3. The maximum Gasteiger partial charge on any atom is 0.408 e. The molecule has 5 nitrogen and oxygen atoms in total. The van der Waals surface area contributed by atoms with Crippen LogP contribution in [-0.2, 0) is 17.5 Å². The number of hydrogen-bond donors (Lipinski definition) is 1. The summed E-state index contributed by atoms with van der Waals surface area (Å²) in [6, 6.07) is 1.75. The van der Waals surface area contributed by atoms with Crippen molar-refractivity contribution in [3.05, 3.63) is 23.7 Å². The summed E-state index contributed by atoms with van der Waals surface area (Å²) < 4.78 is 49.9. The second-order valence-electron chi connectivity index (χ2n) is 5.76. The van der Waals surface area contributed by atoms with Crippen molar-refractivity contribution < 1.29 is 17.4 Å². The molecule has 0 fully saturated rings. The Labute approximate surface area is 134 Å². The van der Waals surface area contributed by atoms with E-state index in [0.29, 0.717) is 23.0 Å². The predicted octanol–water partition coefficient (Wildman–Crippen LogP) is 2.81. The number of nitrogens with zero attached hydrogens (tertiary/aromatic N) is 3. The zero-order chi connectivity index (χ0) is 17.4. The molecule has 23 heavy (non-hydrogen) atoms. The monoisotopic (exact) mass is 348 g/mol. The summed E-state index contributed by atoms with van der Waals surface area (Å²) in [7, 11) is -1.41. The van der Waals surface area contributed by atoms with Gasteiger partial charge in [-0.05, 0) is 32.3 Å². The summed E-state index contributed by atoms with van der Waals surface area (Å²) >= 11 is 0. The Hall–Kier alpha value is -1.48. The molecule has 0 aliphatic heterocycles. The van der Waals surface area contributed by atoms with E-state index >= 15 is 0 Å². The smallest absolute Gasteiger partial charge is 0.259 e. The third-order valence-corrected chi connectivity index (χ3v) is 4.74. The predicted molar refractivity (Wildman–Crippen MR) is 83.1 cm³/mol. The SMILES string of the molecule is Cc1nn(CC(F)(F)F)c2cnc([C@H](C)CC(C)S(N)=O)cc12. The van der Waals surface area contributed by atoms with Gasteiger partial charge < -0.3 is 0 Å². The van der Waals surface area contributed by atoms with E-state index in [-0.39, 0.29) is 11.2 Å². The minimum atomic E-state index is -4.34. The van der Waals surface area contributed by atoms with Crippen molar-refractivity contribution >= 4 is 21.9 Å². The lowest BCUT2D eigenvalue weighted by Gasteiger charge is -2.15. The highest BCUT2D eigenvalue weighted by Gasteiger charge is 2.29. The lowest BCUT2D eigenvalue weighted by molar-refractivity contribution is -0.141. The van der Waals surface area contributed by atoms with Gasteiger partial charge in [-0.1, -0.05) is 6.92 Å².